The van der Waals surface area contributed by atoms with Gasteiger partial charge in [0.1, 0.15) is 15.4 Å². The molecule has 1 aromatic heterocycles. The van der Waals surface area contributed by atoms with E-state index in [2.05, 4.69) is 0 Å². The SMILES string of the molecule is CCC(C)(C)OC(=O)c1ccc(C(=O)O)s1. The number of rotatable bonds is 4. The van der Waals surface area contributed by atoms with Gasteiger partial charge in [0.25, 0.3) is 0 Å². The first kappa shape index (κ1) is 12.7. The number of carbonyl (C=O) groups excluding carboxylic acids is 1. The summed E-state index contributed by atoms with van der Waals surface area (Å²) in [6.07, 6.45) is 0.704. The second-order valence-electron chi connectivity index (χ2n) is 3.97. The fourth-order valence-electron chi connectivity index (χ4n) is 0.936. The Morgan fingerprint density at radius 2 is 1.94 bits per heavy atom. The van der Waals surface area contributed by atoms with Crippen molar-refractivity contribution in [2.75, 3.05) is 0 Å². The molecule has 0 unspecified atom stereocenters. The van der Waals surface area contributed by atoms with Crippen molar-refractivity contribution in [2.24, 2.45) is 0 Å². The second kappa shape index (κ2) is 4.65. The summed E-state index contributed by atoms with van der Waals surface area (Å²) in [6, 6.07) is 2.88. The highest BCUT2D eigenvalue weighted by molar-refractivity contribution is 7.15. The van der Waals surface area contributed by atoms with Gasteiger partial charge in [-0.15, -0.1) is 11.3 Å². The van der Waals surface area contributed by atoms with Crippen LogP contribution in [0.1, 0.15) is 46.5 Å². The van der Waals surface area contributed by atoms with Gasteiger partial charge in [-0.1, -0.05) is 6.92 Å². The summed E-state index contributed by atoms with van der Waals surface area (Å²) in [5.74, 6) is -1.50. The van der Waals surface area contributed by atoms with Gasteiger partial charge >= 0.3 is 11.9 Å². The molecular formula is C11H14O4S. The predicted octanol–water partition coefficient (Wildman–Crippen LogP) is 2.79. The topological polar surface area (TPSA) is 63.6 Å². The van der Waals surface area contributed by atoms with Gasteiger partial charge in [-0.05, 0) is 32.4 Å². The number of hydrogen-bond donors (Lipinski definition) is 1. The van der Waals surface area contributed by atoms with Crippen molar-refractivity contribution in [1.29, 1.82) is 0 Å². The third-order valence-corrected chi connectivity index (χ3v) is 3.29. The van der Waals surface area contributed by atoms with E-state index in [1.807, 2.05) is 20.8 Å². The minimum absolute atomic E-state index is 0.140. The maximum absolute atomic E-state index is 11.7. The van der Waals surface area contributed by atoms with E-state index in [0.29, 0.717) is 11.3 Å². The van der Waals surface area contributed by atoms with Crippen molar-refractivity contribution >= 4 is 23.3 Å². The second-order valence-corrected chi connectivity index (χ2v) is 5.06. The van der Waals surface area contributed by atoms with Crippen LogP contribution >= 0.6 is 11.3 Å². The standard InChI is InChI=1S/C11H14O4S/c1-4-11(2,3)15-10(14)8-6-5-7(16-8)9(12)13/h5-6H,4H2,1-3H3,(H,12,13). The summed E-state index contributed by atoms with van der Waals surface area (Å²) in [7, 11) is 0. The number of ether oxygens (including phenoxy) is 1. The van der Waals surface area contributed by atoms with Crippen LogP contribution in [0.3, 0.4) is 0 Å². The minimum atomic E-state index is -1.03. The zero-order valence-corrected chi connectivity index (χ0v) is 10.3. The average Bonchev–Trinajstić information content (AvgIpc) is 2.66. The molecule has 1 N–H and O–H groups in total. The maximum atomic E-state index is 11.7. The summed E-state index contributed by atoms with van der Waals surface area (Å²) in [5.41, 5.74) is -0.523. The molecule has 0 radical (unpaired) electrons. The molecule has 0 fully saturated rings. The Bertz CT molecular complexity index is 406. The van der Waals surface area contributed by atoms with Crippen LogP contribution in [0.4, 0.5) is 0 Å². The van der Waals surface area contributed by atoms with Gasteiger partial charge in [0.05, 0.1) is 0 Å². The average molecular weight is 242 g/mol. The lowest BCUT2D eigenvalue weighted by molar-refractivity contribution is -0.00189. The van der Waals surface area contributed by atoms with Crippen molar-refractivity contribution in [1.82, 2.24) is 0 Å². The van der Waals surface area contributed by atoms with Crippen molar-refractivity contribution in [3.8, 4) is 0 Å². The number of aromatic carboxylic acids is 1. The van der Waals surface area contributed by atoms with E-state index in [9.17, 15) is 9.59 Å². The Morgan fingerprint density at radius 1 is 1.38 bits per heavy atom. The summed E-state index contributed by atoms with van der Waals surface area (Å²) in [5, 5.41) is 8.72. The molecule has 0 aromatic carbocycles. The smallest absolute Gasteiger partial charge is 0.348 e. The van der Waals surface area contributed by atoms with E-state index in [-0.39, 0.29) is 4.88 Å². The number of carbonyl (C=O) groups is 2. The first-order chi connectivity index (χ1) is 7.35. The third kappa shape index (κ3) is 3.06. The zero-order valence-electron chi connectivity index (χ0n) is 9.44. The van der Waals surface area contributed by atoms with Gasteiger partial charge in [0.2, 0.25) is 0 Å². The fraction of sp³-hybridized carbons (Fsp3) is 0.455. The summed E-state index contributed by atoms with van der Waals surface area (Å²) >= 11 is 0.926. The molecule has 1 aromatic rings. The molecule has 0 saturated carbocycles. The number of esters is 1. The summed E-state index contributed by atoms with van der Waals surface area (Å²) in [6.45, 7) is 5.55. The number of hydrogen-bond acceptors (Lipinski definition) is 4. The summed E-state index contributed by atoms with van der Waals surface area (Å²) < 4.78 is 5.24. The quantitative estimate of drug-likeness (QED) is 0.824. The van der Waals surface area contributed by atoms with Crippen molar-refractivity contribution < 1.29 is 19.4 Å². The molecule has 0 aliphatic carbocycles. The first-order valence-corrected chi connectivity index (χ1v) is 5.74. The van der Waals surface area contributed by atoms with E-state index in [1.54, 1.807) is 0 Å². The molecule has 4 nitrogen and oxygen atoms in total. The number of thiophene rings is 1. The highest BCUT2D eigenvalue weighted by Gasteiger charge is 2.23. The molecule has 0 aliphatic rings. The van der Waals surface area contributed by atoms with Crippen LogP contribution in [0.25, 0.3) is 0 Å². The highest BCUT2D eigenvalue weighted by Crippen LogP contribution is 2.21. The van der Waals surface area contributed by atoms with Crippen LogP contribution in [-0.4, -0.2) is 22.6 Å². The molecule has 0 aliphatic heterocycles. The van der Waals surface area contributed by atoms with Gasteiger partial charge in [0, 0.05) is 0 Å². The molecule has 0 bridgehead atoms. The van der Waals surface area contributed by atoms with Crippen LogP contribution in [0.15, 0.2) is 12.1 Å². The molecule has 1 heterocycles. The lowest BCUT2D eigenvalue weighted by Crippen LogP contribution is -2.26. The molecule has 0 saturated heterocycles. The number of carboxylic acid groups (broad SMARTS) is 1. The van der Waals surface area contributed by atoms with Gasteiger partial charge in [-0.3, -0.25) is 0 Å². The van der Waals surface area contributed by atoms with Gasteiger partial charge < -0.3 is 9.84 Å². The van der Waals surface area contributed by atoms with Crippen molar-refractivity contribution in [3.05, 3.63) is 21.9 Å². The Kier molecular flexibility index (Phi) is 3.70. The Hall–Kier alpha value is -1.36. The Labute approximate surface area is 97.9 Å². The van der Waals surface area contributed by atoms with E-state index in [0.717, 1.165) is 11.3 Å². The molecule has 5 heteroatoms. The first-order valence-electron chi connectivity index (χ1n) is 4.92. The molecule has 0 spiro atoms. The molecule has 88 valence electrons. The molecular weight excluding hydrogens is 228 g/mol. The molecule has 0 atom stereocenters. The number of carboxylic acids is 1. The van der Waals surface area contributed by atoms with E-state index in [1.165, 1.54) is 12.1 Å². The van der Waals surface area contributed by atoms with Gasteiger partial charge in [-0.25, -0.2) is 9.59 Å². The van der Waals surface area contributed by atoms with Crippen LogP contribution in [0, 0.1) is 0 Å². The molecule has 1 rings (SSSR count). The third-order valence-electron chi connectivity index (χ3n) is 2.24. The van der Waals surface area contributed by atoms with Crippen LogP contribution in [-0.2, 0) is 4.74 Å². The fourth-order valence-corrected chi connectivity index (χ4v) is 1.66. The van der Waals surface area contributed by atoms with Crippen molar-refractivity contribution in [3.63, 3.8) is 0 Å². The van der Waals surface area contributed by atoms with E-state index in [4.69, 9.17) is 9.84 Å². The lowest BCUT2D eigenvalue weighted by atomic mass is 10.1. The zero-order chi connectivity index (χ0) is 12.3. The van der Waals surface area contributed by atoms with Crippen LogP contribution in [0.5, 0.6) is 0 Å². The van der Waals surface area contributed by atoms with E-state index >= 15 is 0 Å². The monoisotopic (exact) mass is 242 g/mol. The minimum Gasteiger partial charge on any atom is -0.477 e. The predicted molar refractivity (Wildman–Crippen MR) is 61.1 cm³/mol. The Morgan fingerprint density at radius 3 is 2.38 bits per heavy atom. The van der Waals surface area contributed by atoms with Gasteiger partial charge in [0.15, 0.2) is 0 Å². The highest BCUT2D eigenvalue weighted by atomic mass is 32.1. The molecule has 0 amide bonds. The summed E-state index contributed by atoms with van der Waals surface area (Å²) in [4.78, 5) is 22.7. The normalized spacial score (nSPS) is 11.2. The van der Waals surface area contributed by atoms with Crippen LogP contribution in [0.2, 0.25) is 0 Å². The Balaban J connectivity index is 2.77. The molecule has 16 heavy (non-hydrogen) atoms. The lowest BCUT2D eigenvalue weighted by Gasteiger charge is -2.22. The maximum Gasteiger partial charge on any atom is 0.348 e. The van der Waals surface area contributed by atoms with Gasteiger partial charge in [-0.2, -0.15) is 0 Å². The van der Waals surface area contributed by atoms with Crippen molar-refractivity contribution in [2.45, 2.75) is 32.8 Å². The largest absolute Gasteiger partial charge is 0.477 e. The van der Waals surface area contributed by atoms with Crippen LogP contribution < -0.4 is 0 Å². The van der Waals surface area contributed by atoms with E-state index < -0.39 is 17.5 Å².